The van der Waals surface area contributed by atoms with Crippen molar-refractivity contribution in [1.29, 1.82) is 0 Å². The number of imidazole rings is 1. The number of aromatic nitrogens is 2. The molecule has 0 radical (unpaired) electrons. The number of hydrogen-bond acceptors (Lipinski definition) is 4. The van der Waals surface area contributed by atoms with Crippen LogP contribution in [0, 0.1) is 11.7 Å². The maximum absolute atomic E-state index is 13.4. The van der Waals surface area contributed by atoms with Gasteiger partial charge in [0, 0.05) is 25.6 Å². The molecule has 0 atom stereocenters. The second-order valence-corrected chi connectivity index (χ2v) is 9.85. The van der Waals surface area contributed by atoms with E-state index < -0.39 is 0 Å². The molecule has 182 valence electrons. The number of nitrogens with zero attached hydrogens (tertiary/aromatic N) is 3. The predicted octanol–water partition coefficient (Wildman–Crippen LogP) is 5.79. The molecule has 0 spiro atoms. The molecule has 5 rings (SSSR count). The van der Waals surface area contributed by atoms with Crippen LogP contribution in [0.2, 0.25) is 5.02 Å². The smallest absolute Gasteiger partial charge is 0.136 e. The van der Waals surface area contributed by atoms with Gasteiger partial charge in [-0.3, -0.25) is 0 Å². The Bertz CT molecular complexity index is 1300. The Morgan fingerprint density at radius 1 is 0.943 bits per heavy atom. The van der Waals surface area contributed by atoms with Crippen molar-refractivity contribution >= 4 is 22.6 Å². The summed E-state index contributed by atoms with van der Waals surface area (Å²) in [6.45, 7) is 3.68. The molecule has 0 bridgehead atoms. The van der Waals surface area contributed by atoms with Crippen molar-refractivity contribution in [3.8, 4) is 11.5 Å². The quantitative estimate of drug-likeness (QED) is 0.342. The summed E-state index contributed by atoms with van der Waals surface area (Å²) in [6, 6.07) is 17.4. The molecule has 1 fully saturated rings. The average Bonchev–Trinajstić information content (AvgIpc) is 3.16. The Balaban J connectivity index is 1.28. The number of phenols is 2. The number of piperidine rings is 1. The average molecular weight is 494 g/mol. The summed E-state index contributed by atoms with van der Waals surface area (Å²) < 4.78 is 15.6. The SMILES string of the molecule is Oc1ccc(CCN2CCC(Cc3nc4cc(O)c(Cl)cc4n3Cc3ccc(F)cc3)CC2)cc1. The largest absolute Gasteiger partial charge is 0.508 e. The first-order valence-electron chi connectivity index (χ1n) is 12.1. The van der Waals surface area contributed by atoms with Crippen LogP contribution in [-0.4, -0.2) is 44.3 Å². The highest BCUT2D eigenvalue weighted by atomic mass is 35.5. The highest BCUT2D eigenvalue weighted by Gasteiger charge is 2.23. The monoisotopic (exact) mass is 493 g/mol. The summed E-state index contributed by atoms with van der Waals surface area (Å²) in [5.41, 5.74) is 3.82. The predicted molar refractivity (Wildman–Crippen MR) is 137 cm³/mol. The molecule has 0 saturated carbocycles. The lowest BCUT2D eigenvalue weighted by Crippen LogP contribution is -2.36. The van der Waals surface area contributed by atoms with Crippen molar-refractivity contribution < 1.29 is 14.6 Å². The maximum atomic E-state index is 13.4. The minimum absolute atomic E-state index is 0.0269. The first-order chi connectivity index (χ1) is 16.9. The number of rotatable bonds is 7. The normalized spacial score (nSPS) is 15.1. The van der Waals surface area contributed by atoms with Crippen LogP contribution in [0.4, 0.5) is 4.39 Å². The summed E-state index contributed by atoms with van der Waals surface area (Å²) in [4.78, 5) is 7.36. The third kappa shape index (κ3) is 5.60. The van der Waals surface area contributed by atoms with Crippen molar-refractivity contribution in [2.45, 2.75) is 32.2 Å². The van der Waals surface area contributed by atoms with Crippen LogP contribution in [0.15, 0.2) is 60.7 Å². The molecule has 2 heterocycles. The van der Waals surface area contributed by atoms with Gasteiger partial charge in [-0.05, 0) is 79.7 Å². The fourth-order valence-corrected chi connectivity index (χ4v) is 5.07. The van der Waals surface area contributed by atoms with Gasteiger partial charge in [0.15, 0.2) is 0 Å². The number of phenolic OH excluding ortho intramolecular Hbond substituents is 2. The summed E-state index contributed by atoms with van der Waals surface area (Å²) in [5.74, 6) is 1.56. The van der Waals surface area contributed by atoms with Crippen molar-refractivity contribution in [3.05, 3.63) is 88.5 Å². The second kappa shape index (κ2) is 10.3. The molecule has 0 unspecified atom stereocenters. The minimum Gasteiger partial charge on any atom is -0.508 e. The van der Waals surface area contributed by atoms with Gasteiger partial charge in [0.2, 0.25) is 0 Å². The van der Waals surface area contributed by atoms with Crippen LogP contribution in [0.25, 0.3) is 11.0 Å². The van der Waals surface area contributed by atoms with E-state index in [9.17, 15) is 14.6 Å². The fraction of sp³-hybridized carbons (Fsp3) is 0.321. The summed E-state index contributed by atoms with van der Waals surface area (Å²) in [6.07, 6.45) is 4.02. The zero-order valence-electron chi connectivity index (χ0n) is 19.5. The number of halogens is 2. The lowest BCUT2D eigenvalue weighted by Gasteiger charge is -2.32. The zero-order valence-corrected chi connectivity index (χ0v) is 20.3. The number of aromatic hydroxyl groups is 2. The van der Waals surface area contributed by atoms with E-state index >= 15 is 0 Å². The molecular weight excluding hydrogens is 465 g/mol. The van der Waals surface area contributed by atoms with Crippen LogP contribution < -0.4 is 0 Å². The Kier molecular flexibility index (Phi) is 6.93. The molecule has 1 aliphatic rings. The van der Waals surface area contributed by atoms with Gasteiger partial charge in [0.05, 0.1) is 16.1 Å². The molecule has 1 saturated heterocycles. The molecule has 35 heavy (non-hydrogen) atoms. The minimum atomic E-state index is -0.255. The molecule has 1 aliphatic heterocycles. The molecular formula is C28H29ClFN3O2. The lowest BCUT2D eigenvalue weighted by atomic mass is 9.93. The highest BCUT2D eigenvalue weighted by molar-refractivity contribution is 6.32. The van der Waals surface area contributed by atoms with Gasteiger partial charge < -0.3 is 19.7 Å². The topological polar surface area (TPSA) is 61.5 Å². The maximum Gasteiger partial charge on any atom is 0.136 e. The van der Waals surface area contributed by atoms with E-state index in [4.69, 9.17) is 16.6 Å². The molecule has 7 heteroatoms. The Morgan fingerprint density at radius 2 is 1.63 bits per heavy atom. The van der Waals surface area contributed by atoms with Crippen molar-refractivity contribution in [2.24, 2.45) is 5.92 Å². The summed E-state index contributed by atoms with van der Waals surface area (Å²) in [5, 5.41) is 19.9. The molecule has 5 nitrogen and oxygen atoms in total. The van der Waals surface area contributed by atoms with Gasteiger partial charge in [0.1, 0.15) is 23.1 Å². The van der Waals surface area contributed by atoms with E-state index in [2.05, 4.69) is 9.47 Å². The van der Waals surface area contributed by atoms with Crippen LogP contribution >= 0.6 is 11.6 Å². The zero-order chi connectivity index (χ0) is 24.4. The second-order valence-electron chi connectivity index (χ2n) is 9.44. The van der Waals surface area contributed by atoms with Crippen molar-refractivity contribution in [3.63, 3.8) is 0 Å². The van der Waals surface area contributed by atoms with Crippen LogP contribution in [0.5, 0.6) is 11.5 Å². The van der Waals surface area contributed by atoms with Gasteiger partial charge in [-0.15, -0.1) is 0 Å². The van der Waals surface area contributed by atoms with Gasteiger partial charge in [-0.1, -0.05) is 35.9 Å². The van der Waals surface area contributed by atoms with Gasteiger partial charge in [-0.25, -0.2) is 9.37 Å². The lowest BCUT2D eigenvalue weighted by molar-refractivity contribution is 0.184. The van der Waals surface area contributed by atoms with E-state index in [1.165, 1.54) is 17.7 Å². The summed E-state index contributed by atoms with van der Waals surface area (Å²) >= 11 is 6.22. The Morgan fingerprint density at radius 3 is 2.34 bits per heavy atom. The molecule has 3 aromatic carbocycles. The van der Waals surface area contributed by atoms with E-state index in [0.29, 0.717) is 23.2 Å². The Labute approximate surface area is 209 Å². The van der Waals surface area contributed by atoms with Crippen molar-refractivity contribution in [2.75, 3.05) is 19.6 Å². The number of hydrogen-bond donors (Lipinski definition) is 2. The van der Waals surface area contributed by atoms with E-state index in [1.54, 1.807) is 36.4 Å². The van der Waals surface area contributed by atoms with Crippen molar-refractivity contribution in [1.82, 2.24) is 14.5 Å². The third-order valence-electron chi connectivity index (χ3n) is 6.98. The number of fused-ring (bicyclic) bond motifs is 1. The standard InChI is InChI=1S/C28H29ClFN3O2/c29-24-16-26-25(17-27(24)35)31-28(33(26)18-21-1-5-22(30)6-2-21)15-20-10-13-32(14-11-20)12-9-19-3-7-23(34)8-4-19/h1-8,16-17,20,34-35H,9-15,18H2. The van der Waals surface area contributed by atoms with Crippen LogP contribution in [0.3, 0.4) is 0 Å². The molecule has 0 aliphatic carbocycles. The van der Waals surface area contributed by atoms with Gasteiger partial charge >= 0.3 is 0 Å². The molecule has 4 aromatic rings. The third-order valence-corrected chi connectivity index (χ3v) is 7.28. The number of likely N-dealkylation sites (tertiary alicyclic amines) is 1. The van der Waals surface area contributed by atoms with Crippen LogP contribution in [-0.2, 0) is 19.4 Å². The van der Waals surface area contributed by atoms with E-state index in [1.807, 2.05) is 12.1 Å². The summed E-state index contributed by atoms with van der Waals surface area (Å²) in [7, 11) is 0. The van der Waals surface area contributed by atoms with Gasteiger partial charge in [0.25, 0.3) is 0 Å². The van der Waals surface area contributed by atoms with E-state index in [0.717, 1.165) is 67.7 Å². The molecule has 0 amide bonds. The van der Waals surface area contributed by atoms with E-state index in [-0.39, 0.29) is 11.6 Å². The first-order valence-corrected chi connectivity index (χ1v) is 12.4. The highest BCUT2D eigenvalue weighted by Crippen LogP contribution is 2.31. The number of benzene rings is 3. The fourth-order valence-electron chi connectivity index (χ4n) is 4.91. The van der Waals surface area contributed by atoms with Crippen LogP contribution in [0.1, 0.15) is 29.8 Å². The first kappa shape index (κ1) is 23.6. The Hall–Kier alpha value is -3.09. The molecule has 2 N–H and O–H groups in total. The van der Waals surface area contributed by atoms with Gasteiger partial charge in [-0.2, -0.15) is 0 Å². The molecule has 1 aromatic heterocycles.